The first kappa shape index (κ1) is 18.3. The molecule has 0 fully saturated rings. The van der Waals surface area contributed by atoms with Crippen molar-refractivity contribution in [1.82, 2.24) is 0 Å². The molecule has 1 amide bonds. The maximum absolute atomic E-state index is 12.7. The maximum Gasteiger partial charge on any atom is 0.244 e. The molecule has 0 bridgehead atoms. The molecular weight excluding hydrogens is 340 g/mol. The largest absolute Gasteiger partial charge is 0.497 e. The Morgan fingerprint density at radius 2 is 1.56 bits per heavy atom. The van der Waals surface area contributed by atoms with Crippen LogP contribution in [0.4, 0.5) is 17.1 Å². The smallest absolute Gasteiger partial charge is 0.244 e. The van der Waals surface area contributed by atoms with E-state index in [1.807, 2.05) is 83.8 Å². The molecule has 0 aliphatic heterocycles. The summed E-state index contributed by atoms with van der Waals surface area (Å²) in [5.74, 6) is 1.22. The highest BCUT2D eigenvalue weighted by Gasteiger charge is 2.18. The zero-order chi connectivity index (χ0) is 19.1. The molecule has 0 heterocycles. The minimum atomic E-state index is -0.130. The average molecular weight is 362 g/mol. The maximum atomic E-state index is 12.7. The molecule has 27 heavy (non-hydrogen) atoms. The molecule has 0 unspecified atom stereocenters. The summed E-state index contributed by atoms with van der Waals surface area (Å²) in [6, 6.07) is 24.6. The zero-order valence-electron chi connectivity index (χ0n) is 15.4. The molecule has 138 valence electrons. The Morgan fingerprint density at radius 1 is 0.889 bits per heavy atom. The van der Waals surface area contributed by atoms with E-state index in [0.29, 0.717) is 11.5 Å². The van der Waals surface area contributed by atoms with Crippen LogP contribution in [0.15, 0.2) is 78.9 Å². The van der Waals surface area contributed by atoms with E-state index >= 15 is 0 Å². The average Bonchev–Trinajstić information content (AvgIpc) is 2.73. The number of para-hydroxylation sites is 2. The monoisotopic (exact) mass is 362 g/mol. The van der Waals surface area contributed by atoms with Crippen LogP contribution in [0.1, 0.15) is 0 Å². The summed E-state index contributed by atoms with van der Waals surface area (Å²) >= 11 is 0. The summed E-state index contributed by atoms with van der Waals surface area (Å²) < 4.78 is 10.9. The van der Waals surface area contributed by atoms with Crippen LogP contribution in [0.25, 0.3) is 0 Å². The molecule has 5 heteroatoms. The van der Waals surface area contributed by atoms with Gasteiger partial charge in [0.1, 0.15) is 18.0 Å². The Balaban J connectivity index is 1.94. The van der Waals surface area contributed by atoms with Crippen molar-refractivity contribution in [2.45, 2.75) is 0 Å². The van der Waals surface area contributed by atoms with Gasteiger partial charge in [-0.3, -0.25) is 4.79 Å². The van der Waals surface area contributed by atoms with Crippen LogP contribution in [0, 0.1) is 0 Å². The molecule has 3 rings (SSSR count). The molecule has 5 nitrogen and oxygen atoms in total. The second-order valence-corrected chi connectivity index (χ2v) is 5.87. The van der Waals surface area contributed by atoms with Crippen molar-refractivity contribution >= 4 is 23.0 Å². The second-order valence-electron chi connectivity index (χ2n) is 5.87. The zero-order valence-corrected chi connectivity index (χ0v) is 15.4. The van der Waals surface area contributed by atoms with Crippen molar-refractivity contribution in [3.8, 4) is 11.5 Å². The molecule has 0 atom stereocenters. The number of anilines is 3. The number of nitrogens with one attached hydrogen (secondary N) is 1. The fourth-order valence-corrected chi connectivity index (χ4v) is 2.80. The van der Waals surface area contributed by atoms with Gasteiger partial charge in [0.25, 0.3) is 0 Å². The lowest BCUT2D eigenvalue weighted by atomic mass is 10.2. The highest BCUT2D eigenvalue weighted by molar-refractivity contribution is 5.95. The van der Waals surface area contributed by atoms with E-state index in [9.17, 15) is 4.79 Å². The van der Waals surface area contributed by atoms with Crippen LogP contribution in [-0.4, -0.2) is 26.7 Å². The Labute approximate surface area is 159 Å². The predicted octanol–water partition coefficient (Wildman–Crippen LogP) is 4.48. The van der Waals surface area contributed by atoms with Gasteiger partial charge in [0.15, 0.2) is 0 Å². The van der Waals surface area contributed by atoms with Crippen molar-refractivity contribution in [2.75, 3.05) is 31.0 Å². The number of carbonyl (C=O) groups is 1. The molecule has 0 aromatic heterocycles. The number of methoxy groups -OCH3 is 2. The van der Waals surface area contributed by atoms with Gasteiger partial charge in [0.05, 0.1) is 19.9 Å². The van der Waals surface area contributed by atoms with Crippen LogP contribution >= 0.6 is 0 Å². The molecule has 0 spiro atoms. The molecule has 0 radical (unpaired) electrons. The van der Waals surface area contributed by atoms with Crippen LogP contribution in [-0.2, 0) is 4.79 Å². The van der Waals surface area contributed by atoms with Gasteiger partial charge in [-0.1, -0.05) is 36.4 Å². The van der Waals surface area contributed by atoms with Crippen LogP contribution in [0.5, 0.6) is 11.5 Å². The van der Waals surface area contributed by atoms with Gasteiger partial charge in [-0.25, -0.2) is 0 Å². The molecule has 0 saturated carbocycles. The van der Waals surface area contributed by atoms with Crippen molar-refractivity contribution in [1.29, 1.82) is 0 Å². The third-order valence-electron chi connectivity index (χ3n) is 4.10. The minimum absolute atomic E-state index is 0.127. The van der Waals surface area contributed by atoms with E-state index in [1.165, 1.54) is 0 Å². The normalized spacial score (nSPS) is 10.1. The number of benzene rings is 3. The molecule has 0 saturated heterocycles. The van der Waals surface area contributed by atoms with E-state index in [0.717, 1.165) is 17.1 Å². The van der Waals surface area contributed by atoms with Crippen LogP contribution in [0.2, 0.25) is 0 Å². The van der Waals surface area contributed by atoms with Crippen molar-refractivity contribution < 1.29 is 14.3 Å². The van der Waals surface area contributed by atoms with Gasteiger partial charge in [0.2, 0.25) is 5.91 Å². The molecule has 0 aliphatic carbocycles. The number of hydrogen-bond donors (Lipinski definition) is 1. The Hall–Kier alpha value is -3.47. The van der Waals surface area contributed by atoms with Crippen LogP contribution < -0.4 is 19.7 Å². The van der Waals surface area contributed by atoms with Gasteiger partial charge >= 0.3 is 0 Å². The van der Waals surface area contributed by atoms with E-state index < -0.39 is 0 Å². The molecule has 0 aliphatic rings. The molecule has 3 aromatic rings. The van der Waals surface area contributed by atoms with Crippen molar-refractivity contribution in [2.24, 2.45) is 0 Å². The molecule has 3 aromatic carbocycles. The SMILES string of the molecule is COc1ccc(OC)c(N(CC(=O)Nc2ccccc2)c2ccccc2)c1. The number of rotatable bonds is 7. The number of carbonyl (C=O) groups excluding carboxylic acids is 1. The van der Waals surface area contributed by atoms with Gasteiger partial charge in [0, 0.05) is 17.4 Å². The van der Waals surface area contributed by atoms with Gasteiger partial charge in [-0.2, -0.15) is 0 Å². The number of amides is 1. The first-order valence-corrected chi connectivity index (χ1v) is 8.61. The predicted molar refractivity (Wildman–Crippen MR) is 108 cm³/mol. The Bertz CT molecular complexity index is 883. The van der Waals surface area contributed by atoms with E-state index in [-0.39, 0.29) is 12.5 Å². The summed E-state index contributed by atoms with van der Waals surface area (Å²) in [4.78, 5) is 14.6. The summed E-state index contributed by atoms with van der Waals surface area (Å²) in [5, 5.41) is 2.93. The van der Waals surface area contributed by atoms with E-state index in [4.69, 9.17) is 9.47 Å². The highest BCUT2D eigenvalue weighted by Crippen LogP contribution is 2.36. The standard InChI is InChI=1S/C22H22N2O3/c1-26-19-13-14-21(27-2)20(15-19)24(18-11-7-4-8-12-18)16-22(25)23-17-9-5-3-6-10-17/h3-15H,16H2,1-2H3,(H,23,25). The number of nitrogens with zero attached hydrogens (tertiary/aromatic N) is 1. The summed E-state index contributed by atoms with van der Waals surface area (Å²) in [5.41, 5.74) is 2.40. The Kier molecular flexibility index (Phi) is 5.94. The Morgan fingerprint density at radius 3 is 2.19 bits per heavy atom. The highest BCUT2D eigenvalue weighted by atomic mass is 16.5. The van der Waals surface area contributed by atoms with E-state index in [1.54, 1.807) is 14.2 Å². The quantitative estimate of drug-likeness (QED) is 0.673. The van der Waals surface area contributed by atoms with E-state index in [2.05, 4.69) is 5.32 Å². The molecule has 1 N–H and O–H groups in total. The first-order valence-electron chi connectivity index (χ1n) is 8.61. The summed E-state index contributed by atoms with van der Waals surface area (Å²) in [6.07, 6.45) is 0. The van der Waals surface area contributed by atoms with Gasteiger partial charge in [-0.05, 0) is 36.4 Å². The lowest BCUT2D eigenvalue weighted by Gasteiger charge is -2.26. The van der Waals surface area contributed by atoms with Gasteiger partial charge in [-0.15, -0.1) is 0 Å². The summed E-state index contributed by atoms with van der Waals surface area (Å²) in [7, 11) is 3.22. The number of ether oxygens (including phenoxy) is 2. The fourth-order valence-electron chi connectivity index (χ4n) is 2.80. The van der Waals surface area contributed by atoms with Crippen molar-refractivity contribution in [3.63, 3.8) is 0 Å². The fraction of sp³-hybridized carbons (Fsp3) is 0.136. The second kappa shape index (κ2) is 8.76. The van der Waals surface area contributed by atoms with Gasteiger partial charge < -0.3 is 19.7 Å². The summed E-state index contributed by atoms with van der Waals surface area (Å²) in [6.45, 7) is 0.127. The topological polar surface area (TPSA) is 50.8 Å². The third kappa shape index (κ3) is 4.58. The van der Waals surface area contributed by atoms with Crippen molar-refractivity contribution in [3.05, 3.63) is 78.9 Å². The molecular formula is C22H22N2O3. The lowest BCUT2D eigenvalue weighted by Crippen LogP contribution is -2.30. The van der Waals surface area contributed by atoms with Crippen LogP contribution in [0.3, 0.4) is 0 Å². The number of hydrogen-bond acceptors (Lipinski definition) is 4. The third-order valence-corrected chi connectivity index (χ3v) is 4.10. The lowest BCUT2D eigenvalue weighted by molar-refractivity contribution is -0.114. The minimum Gasteiger partial charge on any atom is -0.497 e. The first-order chi connectivity index (χ1) is 13.2.